The summed E-state index contributed by atoms with van der Waals surface area (Å²) in [6.45, 7) is 0.549. The van der Waals surface area contributed by atoms with E-state index in [0.717, 1.165) is 12.5 Å². The van der Waals surface area contributed by atoms with E-state index in [0.29, 0.717) is 13.0 Å². The smallest absolute Gasteiger partial charge is 0.247 e. The van der Waals surface area contributed by atoms with Crippen molar-refractivity contribution < 1.29 is 12.8 Å². The maximum atomic E-state index is 13.7. The lowest BCUT2D eigenvalue weighted by Crippen LogP contribution is -2.45. The van der Waals surface area contributed by atoms with Gasteiger partial charge in [-0.2, -0.15) is 4.31 Å². The van der Waals surface area contributed by atoms with E-state index in [1.54, 1.807) is 0 Å². The zero-order chi connectivity index (χ0) is 13.3. The van der Waals surface area contributed by atoms with E-state index >= 15 is 0 Å². The Kier molecular flexibility index (Phi) is 3.91. The van der Waals surface area contributed by atoms with Gasteiger partial charge in [-0.05, 0) is 25.0 Å². The van der Waals surface area contributed by atoms with E-state index in [1.807, 2.05) is 0 Å². The molecule has 0 spiro atoms. The van der Waals surface area contributed by atoms with Crippen LogP contribution in [0.4, 0.5) is 4.39 Å². The van der Waals surface area contributed by atoms with Crippen molar-refractivity contribution in [3.63, 3.8) is 0 Å². The first-order valence-corrected chi connectivity index (χ1v) is 7.44. The molecule has 4 nitrogen and oxygen atoms in total. The summed E-state index contributed by atoms with van der Waals surface area (Å²) in [6.07, 6.45) is 1.45. The first-order valence-electron chi connectivity index (χ1n) is 5.62. The van der Waals surface area contributed by atoms with Crippen LogP contribution in [0.1, 0.15) is 12.8 Å². The second-order valence-electron chi connectivity index (χ2n) is 4.32. The monoisotopic (exact) mass is 292 g/mol. The minimum atomic E-state index is -3.91. The highest BCUT2D eigenvalue weighted by Crippen LogP contribution is 2.28. The van der Waals surface area contributed by atoms with Gasteiger partial charge in [-0.25, -0.2) is 12.8 Å². The van der Waals surface area contributed by atoms with Gasteiger partial charge in [0.2, 0.25) is 10.0 Å². The van der Waals surface area contributed by atoms with Crippen LogP contribution in [-0.4, -0.2) is 31.9 Å². The second kappa shape index (κ2) is 5.13. The third-order valence-corrected chi connectivity index (χ3v) is 5.31. The topological polar surface area (TPSA) is 63.4 Å². The Morgan fingerprint density at radius 3 is 2.78 bits per heavy atom. The van der Waals surface area contributed by atoms with Gasteiger partial charge in [0.25, 0.3) is 0 Å². The highest BCUT2D eigenvalue weighted by molar-refractivity contribution is 7.89. The van der Waals surface area contributed by atoms with Gasteiger partial charge in [-0.15, -0.1) is 0 Å². The quantitative estimate of drug-likeness (QED) is 0.900. The Bertz CT molecular complexity index is 530. The van der Waals surface area contributed by atoms with Gasteiger partial charge in [0.05, 0.1) is 5.02 Å². The van der Waals surface area contributed by atoms with Gasteiger partial charge >= 0.3 is 0 Å². The van der Waals surface area contributed by atoms with Crippen molar-refractivity contribution >= 4 is 21.6 Å². The maximum Gasteiger partial charge on any atom is 0.247 e. The molecule has 1 aromatic rings. The van der Waals surface area contributed by atoms with Crippen molar-refractivity contribution in [1.29, 1.82) is 0 Å². The number of nitrogens with zero attached hydrogens (tertiary/aromatic N) is 1. The predicted octanol–water partition coefficient (Wildman–Crippen LogP) is 1.59. The number of hydrogen-bond donors (Lipinski definition) is 1. The summed E-state index contributed by atoms with van der Waals surface area (Å²) in [5, 5.41) is -0.103. The van der Waals surface area contributed by atoms with Crippen LogP contribution in [0.25, 0.3) is 0 Å². The van der Waals surface area contributed by atoms with Gasteiger partial charge in [0, 0.05) is 19.1 Å². The Labute approximate surface area is 111 Å². The van der Waals surface area contributed by atoms with Crippen LogP contribution in [-0.2, 0) is 10.0 Å². The van der Waals surface area contributed by atoms with Crippen LogP contribution in [0.2, 0.25) is 5.02 Å². The van der Waals surface area contributed by atoms with Gasteiger partial charge in [0.15, 0.2) is 0 Å². The van der Waals surface area contributed by atoms with E-state index in [1.165, 1.54) is 16.4 Å². The molecular formula is C11H14ClFN2O2S. The van der Waals surface area contributed by atoms with Gasteiger partial charge in [-0.1, -0.05) is 17.7 Å². The lowest BCUT2D eigenvalue weighted by Gasteiger charge is -2.30. The summed E-state index contributed by atoms with van der Waals surface area (Å²) in [4.78, 5) is -0.458. The fourth-order valence-electron chi connectivity index (χ4n) is 2.05. The Hall–Kier alpha value is -0.690. The first kappa shape index (κ1) is 13.7. The molecule has 2 rings (SSSR count). The fourth-order valence-corrected chi connectivity index (χ4v) is 4.15. The molecule has 100 valence electrons. The summed E-state index contributed by atoms with van der Waals surface area (Å²) in [5.74, 6) is -0.832. The van der Waals surface area contributed by atoms with Crippen LogP contribution < -0.4 is 5.73 Å². The average Bonchev–Trinajstić information content (AvgIpc) is 2.28. The lowest BCUT2D eigenvalue weighted by molar-refractivity contribution is 0.315. The molecule has 18 heavy (non-hydrogen) atoms. The lowest BCUT2D eigenvalue weighted by atomic mass is 10.1. The molecule has 2 N–H and O–H groups in total. The number of sulfonamides is 1. The minimum Gasteiger partial charge on any atom is -0.327 e. The molecule has 1 aromatic carbocycles. The SMILES string of the molecule is NC1CCCN(S(=O)(=O)c2c(F)cccc2Cl)C1. The summed E-state index contributed by atoms with van der Waals surface area (Å²) in [7, 11) is -3.91. The number of halogens is 2. The van der Waals surface area contributed by atoms with Crippen molar-refractivity contribution in [2.45, 2.75) is 23.8 Å². The van der Waals surface area contributed by atoms with Crippen molar-refractivity contribution in [2.75, 3.05) is 13.1 Å². The van der Waals surface area contributed by atoms with Crippen molar-refractivity contribution in [1.82, 2.24) is 4.31 Å². The average molecular weight is 293 g/mol. The van der Waals surface area contributed by atoms with E-state index in [4.69, 9.17) is 17.3 Å². The second-order valence-corrected chi connectivity index (χ2v) is 6.60. The predicted molar refractivity (Wildman–Crippen MR) is 67.4 cm³/mol. The summed E-state index contributed by atoms with van der Waals surface area (Å²) in [6, 6.07) is 3.61. The summed E-state index contributed by atoms with van der Waals surface area (Å²) >= 11 is 5.79. The fraction of sp³-hybridized carbons (Fsp3) is 0.455. The Morgan fingerprint density at radius 2 is 2.17 bits per heavy atom. The highest BCUT2D eigenvalue weighted by atomic mass is 35.5. The molecule has 1 aliphatic heterocycles. The number of rotatable bonds is 2. The molecule has 0 saturated carbocycles. The highest BCUT2D eigenvalue weighted by Gasteiger charge is 2.32. The van der Waals surface area contributed by atoms with Crippen molar-refractivity contribution in [3.8, 4) is 0 Å². The molecule has 0 aliphatic carbocycles. The van der Waals surface area contributed by atoms with Gasteiger partial charge in [-0.3, -0.25) is 0 Å². The van der Waals surface area contributed by atoms with Gasteiger partial charge < -0.3 is 5.73 Å². The van der Waals surface area contributed by atoms with Gasteiger partial charge in [0.1, 0.15) is 10.7 Å². The molecule has 1 atom stereocenters. The van der Waals surface area contributed by atoms with Crippen molar-refractivity contribution in [2.24, 2.45) is 5.73 Å². The molecule has 0 bridgehead atoms. The minimum absolute atomic E-state index is 0.103. The van der Waals surface area contributed by atoms with Crippen LogP contribution in [0.5, 0.6) is 0 Å². The normalized spacial score (nSPS) is 22.1. The Morgan fingerprint density at radius 1 is 1.44 bits per heavy atom. The summed E-state index contributed by atoms with van der Waals surface area (Å²) in [5.41, 5.74) is 5.74. The molecule has 1 unspecified atom stereocenters. The van der Waals surface area contributed by atoms with Crippen molar-refractivity contribution in [3.05, 3.63) is 29.0 Å². The van der Waals surface area contributed by atoms with E-state index in [9.17, 15) is 12.8 Å². The Balaban J connectivity index is 2.42. The molecule has 1 heterocycles. The molecular weight excluding hydrogens is 279 g/mol. The molecule has 7 heteroatoms. The van der Waals surface area contributed by atoms with E-state index in [2.05, 4.69) is 0 Å². The number of hydrogen-bond acceptors (Lipinski definition) is 3. The maximum absolute atomic E-state index is 13.7. The van der Waals surface area contributed by atoms with E-state index < -0.39 is 20.7 Å². The standard InChI is InChI=1S/C11H14ClFN2O2S/c12-9-4-1-5-10(13)11(9)18(16,17)15-6-2-3-8(14)7-15/h1,4-5,8H,2-3,6-7,14H2. The van der Waals surface area contributed by atoms with Crippen LogP contribution >= 0.6 is 11.6 Å². The first-order chi connectivity index (χ1) is 8.43. The summed E-state index contributed by atoms with van der Waals surface area (Å²) < 4.78 is 39.5. The zero-order valence-corrected chi connectivity index (χ0v) is 11.2. The third-order valence-electron chi connectivity index (χ3n) is 2.94. The number of piperidine rings is 1. The number of nitrogens with two attached hydrogens (primary N) is 1. The van der Waals surface area contributed by atoms with E-state index in [-0.39, 0.29) is 17.6 Å². The zero-order valence-electron chi connectivity index (χ0n) is 9.64. The van der Waals surface area contributed by atoms with Crippen LogP contribution in [0.3, 0.4) is 0 Å². The molecule has 0 radical (unpaired) electrons. The molecule has 1 fully saturated rings. The van der Waals surface area contributed by atoms with Crippen LogP contribution in [0, 0.1) is 5.82 Å². The molecule has 1 saturated heterocycles. The largest absolute Gasteiger partial charge is 0.327 e. The van der Waals surface area contributed by atoms with Crippen LogP contribution in [0.15, 0.2) is 23.1 Å². The third kappa shape index (κ3) is 2.51. The molecule has 0 amide bonds. The molecule has 0 aromatic heterocycles. The number of benzene rings is 1. The molecule has 1 aliphatic rings.